The van der Waals surface area contributed by atoms with Crippen molar-refractivity contribution < 1.29 is 9.47 Å². The topological polar surface area (TPSA) is 76.6 Å². The molecule has 6 nitrogen and oxygen atoms in total. The molecule has 1 aromatic carbocycles. The van der Waals surface area contributed by atoms with Crippen LogP contribution in [-0.4, -0.2) is 16.5 Å². The highest BCUT2D eigenvalue weighted by molar-refractivity contribution is 7.15. The number of nitriles is 1. The van der Waals surface area contributed by atoms with Gasteiger partial charge in [0.1, 0.15) is 6.61 Å². The summed E-state index contributed by atoms with van der Waals surface area (Å²) in [4.78, 5) is 16.9. The van der Waals surface area contributed by atoms with Gasteiger partial charge in [0.15, 0.2) is 16.5 Å². The molecule has 0 N–H and O–H groups in total. The Morgan fingerprint density at radius 3 is 3.00 bits per heavy atom. The molecule has 0 fully saturated rings. The third-order valence-electron chi connectivity index (χ3n) is 3.02. The Morgan fingerprint density at radius 1 is 1.36 bits per heavy atom. The van der Waals surface area contributed by atoms with Gasteiger partial charge in [0, 0.05) is 23.7 Å². The van der Waals surface area contributed by atoms with E-state index in [1.807, 2.05) is 6.07 Å². The van der Waals surface area contributed by atoms with Gasteiger partial charge in [0.05, 0.1) is 24.4 Å². The van der Waals surface area contributed by atoms with Crippen molar-refractivity contribution in [3.8, 4) is 17.6 Å². The van der Waals surface area contributed by atoms with E-state index < -0.39 is 0 Å². The van der Waals surface area contributed by atoms with Crippen molar-refractivity contribution in [2.45, 2.75) is 6.61 Å². The molecule has 7 heteroatoms. The highest BCUT2D eigenvalue weighted by Crippen LogP contribution is 2.28. The molecule has 0 saturated carbocycles. The third-order valence-corrected chi connectivity index (χ3v) is 3.78. The largest absolute Gasteiger partial charge is 0.493 e. The minimum absolute atomic E-state index is 0.142. The fourth-order valence-electron chi connectivity index (χ4n) is 1.97. The second-order valence-electron chi connectivity index (χ2n) is 4.41. The summed E-state index contributed by atoms with van der Waals surface area (Å²) in [5.74, 6) is 0.961. The zero-order valence-corrected chi connectivity index (χ0v) is 12.5. The van der Waals surface area contributed by atoms with Gasteiger partial charge in [-0.05, 0) is 12.1 Å². The first-order chi connectivity index (χ1) is 10.7. The monoisotopic (exact) mass is 313 g/mol. The fraction of sp³-hybridized carbons (Fsp3) is 0.133. The van der Waals surface area contributed by atoms with E-state index in [0.29, 0.717) is 27.7 Å². The van der Waals surface area contributed by atoms with Crippen LogP contribution in [0.15, 0.2) is 40.6 Å². The first-order valence-corrected chi connectivity index (χ1v) is 7.26. The van der Waals surface area contributed by atoms with E-state index in [2.05, 4.69) is 4.98 Å². The number of hydrogen-bond donors (Lipinski definition) is 0. The molecular weight excluding hydrogens is 302 g/mol. The number of ether oxygens (including phenoxy) is 2. The summed E-state index contributed by atoms with van der Waals surface area (Å²) in [6, 6.07) is 8.38. The molecule has 0 spiro atoms. The first kappa shape index (κ1) is 14.1. The number of rotatable bonds is 4. The van der Waals surface area contributed by atoms with Crippen molar-refractivity contribution in [1.82, 2.24) is 9.38 Å². The molecular formula is C15H11N3O3S. The third kappa shape index (κ3) is 2.64. The van der Waals surface area contributed by atoms with Crippen LogP contribution in [0.2, 0.25) is 0 Å². The molecule has 0 atom stereocenters. The molecule has 22 heavy (non-hydrogen) atoms. The molecule has 110 valence electrons. The highest BCUT2D eigenvalue weighted by atomic mass is 32.1. The van der Waals surface area contributed by atoms with Crippen LogP contribution < -0.4 is 15.0 Å². The van der Waals surface area contributed by atoms with Crippen molar-refractivity contribution in [2.24, 2.45) is 0 Å². The highest BCUT2D eigenvalue weighted by Gasteiger charge is 2.08. The maximum atomic E-state index is 11.9. The Bertz CT molecular complexity index is 924. The molecule has 0 radical (unpaired) electrons. The van der Waals surface area contributed by atoms with Crippen LogP contribution in [0.5, 0.6) is 11.5 Å². The van der Waals surface area contributed by atoms with Crippen LogP contribution in [0.1, 0.15) is 11.3 Å². The minimum atomic E-state index is -0.142. The molecule has 2 aromatic heterocycles. The number of nitrogens with zero attached hydrogens (tertiary/aromatic N) is 3. The van der Waals surface area contributed by atoms with E-state index in [-0.39, 0.29) is 12.2 Å². The van der Waals surface area contributed by atoms with Gasteiger partial charge in [-0.25, -0.2) is 4.98 Å². The van der Waals surface area contributed by atoms with Gasteiger partial charge in [-0.15, -0.1) is 11.3 Å². The van der Waals surface area contributed by atoms with E-state index >= 15 is 0 Å². The number of aromatic nitrogens is 2. The van der Waals surface area contributed by atoms with E-state index in [9.17, 15) is 4.79 Å². The summed E-state index contributed by atoms with van der Waals surface area (Å²) in [7, 11) is 1.51. The predicted octanol–water partition coefficient (Wildman–Crippen LogP) is 2.22. The Balaban J connectivity index is 1.85. The normalized spacial score (nSPS) is 10.4. The van der Waals surface area contributed by atoms with E-state index in [4.69, 9.17) is 14.7 Å². The number of benzene rings is 1. The molecule has 0 aliphatic carbocycles. The number of fused-ring (bicyclic) bond motifs is 1. The van der Waals surface area contributed by atoms with Crippen molar-refractivity contribution in [1.29, 1.82) is 5.26 Å². The molecule has 0 aliphatic rings. The lowest BCUT2D eigenvalue weighted by Gasteiger charge is -2.10. The lowest BCUT2D eigenvalue weighted by atomic mass is 10.2. The maximum Gasteiger partial charge on any atom is 0.258 e. The van der Waals surface area contributed by atoms with Gasteiger partial charge in [-0.3, -0.25) is 9.20 Å². The van der Waals surface area contributed by atoms with Crippen molar-refractivity contribution in [3.63, 3.8) is 0 Å². The van der Waals surface area contributed by atoms with Gasteiger partial charge in [0.25, 0.3) is 5.56 Å². The first-order valence-electron chi connectivity index (χ1n) is 6.38. The number of methoxy groups -OCH3 is 1. The minimum Gasteiger partial charge on any atom is -0.493 e. The lowest BCUT2D eigenvalue weighted by Crippen LogP contribution is -2.14. The molecule has 2 heterocycles. The molecule has 3 rings (SSSR count). The number of thiazole rings is 1. The molecule has 0 amide bonds. The average molecular weight is 313 g/mol. The summed E-state index contributed by atoms with van der Waals surface area (Å²) in [6.07, 6.45) is 1.68. The van der Waals surface area contributed by atoms with Crippen molar-refractivity contribution >= 4 is 16.3 Å². The van der Waals surface area contributed by atoms with E-state index in [0.717, 1.165) is 0 Å². The molecule has 0 aliphatic heterocycles. The van der Waals surface area contributed by atoms with Gasteiger partial charge < -0.3 is 9.47 Å². The molecule has 3 aromatic rings. The molecule has 0 saturated heterocycles. The lowest BCUT2D eigenvalue weighted by molar-refractivity contribution is 0.280. The van der Waals surface area contributed by atoms with Gasteiger partial charge in [0.2, 0.25) is 0 Å². The zero-order valence-electron chi connectivity index (χ0n) is 11.6. The Kier molecular flexibility index (Phi) is 3.76. The van der Waals surface area contributed by atoms with Gasteiger partial charge in [-0.1, -0.05) is 0 Å². The predicted molar refractivity (Wildman–Crippen MR) is 81.4 cm³/mol. The van der Waals surface area contributed by atoms with E-state index in [1.54, 1.807) is 29.8 Å². The smallest absolute Gasteiger partial charge is 0.258 e. The number of hydrogen-bond acceptors (Lipinski definition) is 6. The van der Waals surface area contributed by atoms with Crippen LogP contribution in [-0.2, 0) is 6.61 Å². The standard InChI is InChI=1S/C15H11N3O3S/c1-20-13-6-10(8-16)2-3-12(13)21-9-11-7-14(19)18-4-5-22-15(18)17-11/h2-7H,9H2,1H3. The summed E-state index contributed by atoms with van der Waals surface area (Å²) in [5.41, 5.74) is 0.885. The van der Waals surface area contributed by atoms with Crippen molar-refractivity contribution in [3.05, 3.63) is 57.5 Å². The fourth-order valence-corrected chi connectivity index (χ4v) is 2.71. The SMILES string of the molecule is COc1cc(C#N)ccc1OCc1cc(=O)n2ccsc2n1. The van der Waals surface area contributed by atoms with Gasteiger partial charge in [-0.2, -0.15) is 5.26 Å². The Morgan fingerprint density at radius 2 is 2.23 bits per heavy atom. The maximum absolute atomic E-state index is 11.9. The van der Waals surface area contributed by atoms with E-state index in [1.165, 1.54) is 28.9 Å². The molecule has 0 unspecified atom stereocenters. The van der Waals surface area contributed by atoms with Crippen LogP contribution >= 0.6 is 11.3 Å². The second-order valence-corrected chi connectivity index (χ2v) is 5.28. The quantitative estimate of drug-likeness (QED) is 0.738. The van der Waals surface area contributed by atoms with Crippen LogP contribution in [0, 0.1) is 11.3 Å². The average Bonchev–Trinajstić information content (AvgIpc) is 3.01. The molecule has 0 bridgehead atoms. The Labute approximate surface area is 129 Å². The van der Waals surface area contributed by atoms with Crippen LogP contribution in [0.3, 0.4) is 0 Å². The van der Waals surface area contributed by atoms with Gasteiger partial charge >= 0.3 is 0 Å². The summed E-state index contributed by atoms with van der Waals surface area (Å²) < 4.78 is 12.3. The van der Waals surface area contributed by atoms with Crippen molar-refractivity contribution in [2.75, 3.05) is 7.11 Å². The summed E-state index contributed by atoms with van der Waals surface area (Å²) in [6.45, 7) is 0.145. The summed E-state index contributed by atoms with van der Waals surface area (Å²) >= 11 is 1.39. The Hall–Kier alpha value is -2.85. The zero-order chi connectivity index (χ0) is 15.5. The van der Waals surface area contributed by atoms with Crippen LogP contribution in [0.4, 0.5) is 0 Å². The second kappa shape index (κ2) is 5.87. The summed E-state index contributed by atoms with van der Waals surface area (Å²) in [5, 5.41) is 10.7. The van der Waals surface area contributed by atoms with Crippen LogP contribution in [0.25, 0.3) is 4.96 Å².